The summed E-state index contributed by atoms with van der Waals surface area (Å²) in [7, 11) is 0. The van der Waals surface area contributed by atoms with Gasteiger partial charge in [0.25, 0.3) is 0 Å². The average molecular weight is 406 g/mol. The number of likely N-dealkylation sites (tertiary alicyclic amines) is 1. The summed E-state index contributed by atoms with van der Waals surface area (Å²) in [5.74, 6) is 1.11. The fourth-order valence-electron chi connectivity index (χ4n) is 3.74. The maximum Gasteiger partial charge on any atom is 0.411 e. The zero-order valence-electron chi connectivity index (χ0n) is 16.7. The maximum atomic E-state index is 12.7. The van der Waals surface area contributed by atoms with Gasteiger partial charge >= 0.3 is 6.18 Å². The van der Waals surface area contributed by atoms with E-state index in [9.17, 15) is 18.0 Å². The van der Waals surface area contributed by atoms with Crippen LogP contribution in [0.4, 0.5) is 13.2 Å². The van der Waals surface area contributed by atoms with Gasteiger partial charge in [-0.05, 0) is 32.6 Å². The van der Waals surface area contributed by atoms with Crippen LogP contribution in [0.2, 0.25) is 0 Å². The summed E-state index contributed by atoms with van der Waals surface area (Å²) in [6, 6.07) is 0.145. The Balaban J connectivity index is 1.71. The average Bonchev–Trinajstić information content (AvgIpc) is 3.12. The van der Waals surface area contributed by atoms with Crippen LogP contribution in [0.5, 0.6) is 0 Å². The number of rotatable bonds is 8. The molecule has 1 heterocycles. The lowest BCUT2D eigenvalue weighted by Crippen LogP contribution is -2.45. The van der Waals surface area contributed by atoms with E-state index in [0.29, 0.717) is 32.0 Å². The number of ether oxygens (including phenoxy) is 1. The summed E-state index contributed by atoms with van der Waals surface area (Å²) in [5.41, 5.74) is 0. The first-order valence-corrected chi connectivity index (χ1v) is 10.4. The van der Waals surface area contributed by atoms with Gasteiger partial charge in [-0.25, -0.2) is 0 Å². The fourth-order valence-corrected chi connectivity index (χ4v) is 3.74. The number of nitrogens with one attached hydrogen (secondary N) is 2. The largest absolute Gasteiger partial charge is 0.411 e. The number of aliphatic imine (C=N–C) groups is 1. The van der Waals surface area contributed by atoms with E-state index in [1.165, 1.54) is 6.42 Å². The van der Waals surface area contributed by atoms with Crippen molar-refractivity contribution in [2.24, 2.45) is 10.9 Å². The van der Waals surface area contributed by atoms with Gasteiger partial charge in [0.2, 0.25) is 5.91 Å². The van der Waals surface area contributed by atoms with Crippen molar-refractivity contribution >= 4 is 11.9 Å². The van der Waals surface area contributed by atoms with Crippen LogP contribution in [0.25, 0.3) is 0 Å². The molecule has 162 valence electrons. The zero-order valence-corrected chi connectivity index (χ0v) is 16.7. The molecule has 2 N–H and O–H groups in total. The minimum Gasteiger partial charge on any atom is -0.372 e. The van der Waals surface area contributed by atoms with Crippen LogP contribution in [-0.2, 0) is 9.53 Å². The summed E-state index contributed by atoms with van der Waals surface area (Å²) in [6.45, 7) is 3.26. The quantitative estimate of drug-likeness (QED) is 0.370. The first-order valence-electron chi connectivity index (χ1n) is 10.4. The molecule has 0 aromatic carbocycles. The van der Waals surface area contributed by atoms with Crippen LogP contribution in [-0.4, -0.2) is 68.4 Å². The lowest BCUT2D eigenvalue weighted by atomic mass is 9.88. The van der Waals surface area contributed by atoms with Gasteiger partial charge in [0.05, 0.1) is 0 Å². The maximum absolute atomic E-state index is 12.7. The van der Waals surface area contributed by atoms with E-state index in [0.717, 1.165) is 38.6 Å². The molecule has 0 spiro atoms. The molecule has 2 rings (SSSR count). The predicted octanol–water partition coefficient (Wildman–Crippen LogP) is 2.69. The highest BCUT2D eigenvalue weighted by atomic mass is 19.4. The third kappa shape index (κ3) is 8.24. The molecule has 1 aliphatic heterocycles. The molecule has 1 unspecified atom stereocenters. The van der Waals surface area contributed by atoms with Gasteiger partial charge in [0.15, 0.2) is 5.96 Å². The number of amides is 1. The van der Waals surface area contributed by atoms with Crippen LogP contribution in [0, 0.1) is 5.92 Å². The van der Waals surface area contributed by atoms with Crippen LogP contribution in [0.1, 0.15) is 51.9 Å². The highest BCUT2D eigenvalue weighted by molar-refractivity contribution is 5.81. The van der Waals surface area contributed by atoms with Gasteiger partial charge in [-0.3, -0.25) is 9.79 Å². The number of guanidine groups is 1. The Morgan fingerprint density at radius 3 is 2.64 bits per heavy atom. The molecule has 1 atom stereocenters. The van der Waals surface area contributed by atoms with Gasteiger partial charge in [-0.2, -0.15) is 13.2 Å². The summed E-state index contributed by atoms with van der Waals surface area (Å²) >= 11 is 0. The SMILES string of the molecule is CCNC(=NCCCOCC(F)(F)F)NC1CCN(C(=O)C2CCCCC2)C1. The number of alkyl halides is 3. The van der Waals surface area contributed by atoms with Crippen molar-refractivity contribution in [1.29, 1.82) is 0 Å². The molecule has 1 aliphatic carbocycles. The molecular formula is C19H33F3N4O2. The number of carbonyl (C=O) groups excluding carboxylic acids is 1. The van der Waals surface area contributed by atoms with Crippen LogP contribution < -0.4 is 10.6 Å². The molecule has 0 radical (unpaired) electrons. The second-order valence-corrected chi connectivity index (χ2v) is 7.53. The molecule has 1 saturated heterocycles. The Bertz CT molecular complexity index is 508. The molecule has 1 amide bonds. The normalized spacial score (nSPS) is 21.8. The summed E-state index contributed by atoms with van der Waals surface area (Å²) in [6.07, 6.45) is 2.55. The van der Waals surface area contributed by atoms with Crippen LogP contribution in [0.15, 0.2) is 4.99 Å². The summed E-state index contributed by atoms with van der Waals surface area (Å²) in [4.78, 5) is 19.0. The van der Waals surface area contributed by atoms with Crippen molar-refractivity contribution in [1.82, 2.24) is 15.5 Å². The van der Waals surface area contributed by atoms with E-state index in [2.05, 4.69) is 20.4 Å². The molecule has 2 aliphatic rings. The standard InChI is InChI=1S/C19H33F3N4O2/c1-2-23-18(24-10-6-12-28-14-19(20,21)22)25-16-9-11-26(13-16)17(27)15-7-4-3-5-8-15/h15-16H,2-14H2,1H3,(H2,23,24,25). The Morgan fingerprint density at radius 1 is 1.21 bits per heavy atom. The third-order valence-electron chi connectivity index (χ3n) is 5.12. The summed E-state index contributed by atoms with van der Waals surface area (Å²) < 4.78 is 40.7. The van der Waals surface area contributed by atoms with Crippen molar-refractivity contribution in [2.75, 3.05) is 39.4 Å². The third-order valence-corrected chi connectivity index (χ3v) is 5.12. The second-order valence-electron chi connectivity index (χ2n) is 7.53. The first kappa shape index (κ1) is 22.8. The monoisotopic (exact) mass is 406 g/mol. The van der Waals surface area contributed by atoms with Gasteiger partial charge in [-0.15, -0.1) is 0 Å². The Morgan fingerprint density at radius 2 is 1.96 bits per heavy atom. The van der Waals surface area contributed by atoms with E-state index < -0.39 is 12.8 Å². The second kappa shape index (κ2) is 11.5. The number of nitrogens with zero attached hydrogens (tertiary/aromatic N) is 2. The van der Waals surface area contributed by atoms with Crippen molar-refractivity contribution in [3.8, 4) is 0 Å². The van der Waals surface area contributed by atoms with E-state index in [4.69, 9.17) is 0 Å². The molecule has 2 fully saturated rings. The number of halogens is 3. The van der Waals surface area contributed by atoms with E-state index >= 15 is 0 Å². The minimum atomic E-state index is -4.29. The lowest BCUT2D eigenvalue weighted by molar-refractivity contribution is -0.173. The van der Waals surface area contributed by atoms with Gasteiger partial charge in [0, 0.05) is 44.7 Å². The van der Waals surface area contributed by atoms with E-state index in [-0.39, 0.29) is 24.5 Å². The zero-order chi connectivity index (χ0) is 20.4. The number of carbonyl (C=O) groups is 1. The molecule has 0 bridgehead atoms. The van der Waals surface area contributed by atoms with E-state index in [1.54, 1.807) is 0 Å². The molecular weight excluding hydrogens is 373 g/mol. The molecule has 1 saturated carbocycles. The molecule has 0 aromatic rings. The van der Waals surface area contributed by atoms with Crippen molar-refractivity contribution in [3.63, 3.8) is 0 Å². The first-order chi connectivity index (χ1) is 13.4. The topological polar surface area (TPSA) is 66.0 Å². The van der Waals surface area contributed by atoms with Crippen LogP contribution >= 0.6 is 0 Å². The summed E-state index contributed by atoms with van der Waals surface area (Å²) in [5, 5.41) is 6.49. The number of hydrogen-bond donors (Lipinski definition) is 2. The highest BCUT2D eigenvalue weighted by Crippen LogP contribution is 2.26. The van der Waals surface area contributed by atoms with Gasteiger partial charge < -0.3 is 20.3 Å². The fraction of sp³-hybridized carbons (Fsp3) is 0.895. The highest BCUT2D eigenvalue weighted by Gasteiger charge is 2.31. The molecule has 9 heteroatoms. The molecule has 28 heavy (non-hydrogen) atoms. The predicted molar refractivity (Wildman–Crippen MR) is 102 cm³/mol. The van der Waals surface area contributed by atoms with Crippen molar-refractivity contribution in [3.05, 3.63) is 0 Å². The van der Waals surface area contributed by atoms with Gasteiger partial charge in [-0.1, -0.05) is 19.3 Å². The van der Waals surface area contributed by atoms with Crippen LogP contribution in [0.3, 0.4) is 0 Å². The van der Waals surface area contributed by atoms with Crippen molar-refractivity contribution < 1.29 is 22.7 Å². The molecule has 0 aromatic heterocycles. The van der Waals surface area contributed by atoms with E-state index in [1.807, 2.05) is 11.8 Å². The van der Waals surface area contributed by atoms with Crippen molar-refractivity contribution in [2.45, 2.75) is 64.1 Å². The molecule has 6 nitrogen and oxygen atoms in total. The Hall–Kier alpha value is -1.51. The lowest BCUT2D eigenvalue weighted by Gasteiger charge is -2.26. The van der Waals surface area contributed by atoms with Gasteiger partial charge in [0.1, 0.15) is 6.61 Å². The smallest absolute Gasteiger partial charge is 0.372 e. The number of hydrogen-bond acceptors (Lipinski definition) is 3. The minimum absolute atomic E-state index is 0.0233. The Kier molecular flexibility index (Phi) is 9.34. The Labute approximate surface area is 165 Å².